The number of pyridine rings is 1. The average Bonchev–Trinajstić information content (AvgIpc) is 3.34. The zero-order valence-corrected chi connectivity index (χ0v) is 20.4. The van der Waals surface area contributed by atoms with Crippen molar-refractivity contribution in [2.75, 3.05) is 47.1 Å². The van der Waals surface area contributed by atoms with Gasteiger partial charge in [0, 0.05) is 25.6 Å². The van der Waals surface area contributed by atoms with Crippen molar-refractivity contribution in [1.82, 2.24) is 9.88 Å². The Balaban J connectivity index is 1.67. The van der Waals surface area contributed by atoms with E-state index < -0.39 is 0 Å². The molecule has 0 unspecified atom stereocenters. The van der Waals surface area contributed by atoms with Crippen LogP contribution in [0.5, 0.6) is 11.6 Å². The summed E-state index contributed by atoms with van der Waals surface area (Å²) in [5.74, 6) is 2.64. The largest absolute Gasteiger partial charge is 0.491 e. The molecular formula is C27H42N2O3. The lowest BCUT2D eigenvalue weighted by atomic mass is 9.98. The number of aromatic nitrogens is 1. The molecule has 0 aliphatic heterocycles. The fourth-order valence-corrected chi connectivity index (χ4v) is 4.89. The van der Waals surface area contributed by atoms with Crippen LogP contribution >= 0.6 is 0 Å². The van der Waals surface area contributed by atoms with E-state index in [-0.39, 0.29) is 0 Å². The number of benzene rings is 1. The maximum Gasteiger partial charge on any atom is 0.220 e. The number of hydrogen-bond acceptors (Lipinski definition) is 5. The van der Waals surface area contributed by atoms with Gasteiger partial charge < -0.3 is 14.2 Å². The standard InChI is InChI=1S/C27H42N2O3/c1-4-29(18-20-30-2)19-21-32-26-23-15-10-11-17-25(23)28-27(31-3)24(26)16-7-5-6-12-22-13-8-9-14-22/h10-11,15,17,22H,4-9,12-14,16,18-21H2,1-3H3. The summed E-state index contributed by atoms with van der Waals surface area (Å²) in [4.78, 5) is 7.14. The molecule has 0 amide bonds. The van der Waals surface area contributed by atoms with Gasteiger partial charge >= 0.3 is 0 Å². The first-order chi connectivity index (χ1) is 15.8. The molecule has 1 aromatic carbocycles. The van der Waals surface area contributed by atoms with Crippen LogP contribution in [0.3, 0.4) is 0 Å². The summed E-state index contributed by atoms with van der Waals surface area (Å²) in [5.41, 5.74) is 2.04. The number of likely N-dealkylation sites (N-methyl/N-ethyl adjacent to an activating group) is 1. The second-order valence-corrected chi connectivity index (χ2v) is 8.97. The van der Waals surface area contributed by atoms with Gasteiger partial charge in [0.15, 0.2) is 0 Å². The van der Waals surface area contributed by atoms with Crippen LogP contribution in [-0.4, -0.2) is 57.0 Å². The van der Waals surface area contributed by atoms with Gasteiger partial charge in [0.1, 0.15) is 12.4 Å². The van der Waals surface area contributed by atoms with Crippen LogP contribution in [0.25, 0.3) is 10.9 Å². The molecule has 0 N–H and O–H groups in total. The Bertz CT molecular complexity index is 805. The van der Waals surface area contributed by atoms with Gasteiger partial charge in [0.25, 0.3) is 0 Å². The lowest BCUT2D eigenvalue weighted by Crippen LogP contribution is -2.31. The highest BCUT2D eigenvalue weighted by atomic mass is 16.5. The van der Waals surface area contributed by atoms with Crippen molar-refractivity contribution in [3.63, 3.8) is 0 Å². The van der Waals surface area contributed by atoms with Gasteiger partial charge in [0.05, 0.1) is 24.8 Å². The van der Waals surface area contributed by atoms with Crippen LogP contribution in [0.2, 0.25) is 0 Å². The minimum absolute atomic E-state index is 0.642. The van der Waals surface area contributed by atoms with Crippen molar-refractivity contribution in [2.45, 2.75) is 64.7 Å². The molecule has 2 aromatic rings. The highest BCUT2D eigenvalue weighted by molar-refractivity contribution is 5.87. The number of hydrogen-bond donors (Lipinski definition) is 0. The van der Waals surface area contributed by atoms with Crippen LogP contribution in [0.15, 0.2) is 24.3 Å². The summed E-state index contributed by atoms with van der Waals surface area (Å²) in [6.45, 7) is 6.35. The van der Waals surface area contributed by atoms with Crippen molar-refractivity contribution >= 4 is 10.9 Å². The van der Waals surface area contributed by atoms with Crippen LogP contribution in [-0.2, 0) is 11.2 Å². The molecule has 1 saturated carbocycles. The third-order valence-electron chi connectivity index (χ3n) is 6.82. The first-order valence-corrected chi connectivity index (χ1v) is 12.6. The van der Waals surface area contributed by atoms with E-state index in [0.717, 1.165) is 67.2 Å². The lowest BCUT2D eigenvalue weighted by molar-refractivity contribution is 0.138. The Morgan fingerprint density at radius 3 is 2.53 bits per heavy atom. The Morgan fingerprint density at radius 1 is 1.00 bits per heavy atom. The summed E-state index contributed by atoms with van der Waals surface area (Å²) in [5, 5.41) is 1.08. The number of fused-ring (bicyclic) bond motifs is 1. The molecule has 32 heavy (non-hydrogen) atoms. The molecule has 1 aliphatic carbocycles. The molecule has 0 spiro atoms. The monoisotopic (exact) mass is 442 g/mol. The third kappa shape index (κ3) is 7.08. The average molecular weight is 443 g/mol. The van der Waals surface area contributed by atoms with Gasteiger partial charge in [0.2, 0.25) is 5.88 Å². The van der Waals surface area contributed by atoms with Gasteiger partial charge in [-0.05, 0) is 37.4 Å². The first-order valence-electron chi connectivity index (χ1n) is 12.6. The van der Waals surface area contributed by atoms with Crippen LogP contribution < -0.4 is 9.47 Å². The van der Waals surface area contributed by atoms with Crippen molar-refractivity contribution in [2.24, 2.45) is 5.92 Å². The molecular weight excluding hydrogens is 400 g/mol. The van der Waals surface area contributed by atoms with E-state index in [1.54, 1.807) is 14.2 Å². The summed E-state index contributed by atoms with van der Waals surface area (Å²) >= 11 is 0. The van der Waals surface area contributed by atoms with Crippen molar-refractivity contribution in [3.8, 4) is 11.6 Å². The predicted octanol–water partition coefficient (Wildman–Crippen LogP) is 5.88. The quantitative estimate of drug-likeness (QED) is 0.322. The van der Waals surface area contributed by atoms with E-state index in [2.05, 4.69) is 24.0 Å². The summed E-state index contributed by atoms with van der Waals surface area (Å²) in [6.07, 6.45) is 11.8. The van der Waals surface area contributed by atoms with E-state index in [1.807, 2.05) is 12.1 Å². The number of unbranched alkanes of at least 4 members (excludes halogenated alkanes) is 2. The normalized spacial score (nSPS) is 14.5. The summed E-state index contributed by atoms with van der Waals surface area (Å²) in [6, 6.07) is 8.23. The molecule has 5 nitrogen and oxygen atoms in total. The highest BCUT2D eigenvalue weighted by Gasteiger charge is 2.18. The van der Waals surface area contributed by atoms with Gasteiger partial charge in [-0.15, -0.1) is 0 Å². The molecule has 0 radical (unpaired) electrons. The van der Waals surface area contributed by atoms with E-state index in [4.69, 9.17) is 19.2 Å². The molecule has 3 rings (SSSR count). The minimum Gasteiger partial charge on any atom is -0.491 e. The fourth-order valence-electron chi connectivity index (χ4n) is 4.89. The maximum atomic E-state index is 6.44. The van der Waals surface area contributed by atoms with E-state index in [9.17, 15) is 0 Å². The third-order valence-corrected chi connectivity index (χ3v) is 6.82. The molecule has 5 heteroatoms. The molecule has 178 valence electrons. The van der Waals surface area contributed by atoms with Crippen LogP contribution in [0.1, 0.15) is 63.9 Å². The SMILES string of the molecule is CCN(CCOC)CCOc1c(CCCCCC2CCCC2)c(OC)nc2ccccc12. The van der Waals surface area contributed by atoms with Gasteiger partial charge in [-0.2, -0.15) is 0 Å². The molecule has 1 aromatic heterocycles. The smallest absolute Gasteiger partial charge is 0.220 e. The number of nitrogens with zero attached hydrogens (tertiary/aromatic N) is 2. The number of methoxy groups -OCH3 is 2. The van der Waals surface area contributed by atoms with Crippen LogP contribution in [0, 0.1) is 5.92 Å². The molecule has 0 bridgehead atoms. The van der Waals surface area contributed by atoms with E-state index in [0.29, 0.717) is 12.5 Å². The zero-order valence-electron chi connectivity index (χ0n) is 20.4. The fraction of sp³-hybridized carbons (Fsp3) is 0.667. The van der Waals surface area contributed by atoms with Gasteiger partial charge in [-0.1, -0.05) is 64.0 Å². The predicted molar refractivity (Wildman–Crippen MR) is 132 cm³/mol. The lowest BCUT2D eigenvalue weighted by Gasteiger charge is -2.22. The van der Waals surface area contributed by atoms with Gasteiger partial charge in [-0.3, -0.25) is 4.90 Å². The Labute approximate surface area is 194 Å². The maximum absolute atomic E-state index is 6.44. The number of ether oxygens (including phenoxy) is 3. The summed E-state index contributed by atoms with van der Waals surface area (Å²) < 4.78 is 17.4. The minimum atomic E-state index is 0.642. The second-order valence-electron chi connectivity index (χ2n) is 8.97. The Morgan fingerprint density at radius 2 is 1.78 bits per heavy atom. The zero-order chi connectivity index (χ0) is 22.6. The molecule has 0 saturated heterocycles. The molecule has 1 aliphatic rings. The number of para-hydroxylation sites is 1. The van der Waals surface area contributed by atoms with E-state index >= 15 is 0 Å². The van der Waals surface area contributed by atoms with Gasteiger partial charge in [-0.25, -0.2) is 4.98 Å². The molecule has 1 heterocycles. The molecule has 1 fully saturated rings. The van der Waals surface area contributed by atoms with E-state index in [1.165, 1.54) is 44.9 Å². The Kier molecular flexibility index (Phi) is 10.6. The van der Waals surface area contributed by atoms with Crippen molar-refractivity contribution in [3.05, 3.63) is 29.8 Å². The molecule has 0 atom stereocenters. The Hall–Kier alpha value is -1.85. The summed E-state index contributed by atoms with van der Waals surface area (Å²) in [7, 11) is 3.47. The van der Waals surface area contributed by atoms with Crippen molar-refractivity contribution in [1.29, 1.82) is 0 Å². The highest BCUT2D eigenvalue weighted by Crippen LogP contribution is 2.36. The van der Waals surface area contributed by atoms with Crippen LogP contribution in [0.4, 0.5) is 0 Å². The topological polar surface area (TPSA) is 43.8 Å². The second kappa shape index (κ2) is 13.6. The van der Waals surface area contributed by atoms with Crippen molar-refractivity contribution < 1.29 is 14.2 Å². The first kappa shape index (κ1) is 24.8. The number of rotatable bonds is 15.